The number of rotatable bonds is 6. The number of benzene rings is 2. The first-order valence-corrected chi connectivity index (χ1v) is 10.3. The second kappa shape index (κ2) is 8.53. The second-order valence-electron chi connectivity index (χ2n) is 7.01. The van der Waals surface area contributed by atoms with Crippen LogP contribution in [0, 0.1) is 11.7 Å². The third kappa shape index (κ3) is 4.68. The van der Waals surface area contributed by atoms with Gasteiger partial charge in [-0.05, 0) is 24.1 Å². The molecule has 2 aromatic carbocycles. The van der Waals surface area contributed by atoms with Crippen molar-refractivity contribution in [3.8, 4) is 11.3 Å². The van der Waals surface area contributed by atoms with Crippen molar-refractivity contribution in [1.29, 1.82) is 0 Å². The Morgan fingerprint density at radius 1 is 1.17 bits per heavy atom. The lowest BCUT2D eigenvalue weighted by molar-refractivity contribution is -0.128. The van der Waals surface area contributed by atoms with Gasteiger partial charge in [0, 0.05) is 30.5 Å². The van der Waals surface area contributed by atoms with Crippen LogP contribution in [0.25, 0.3) is 11.3 Å². The molecule has 5 nitrogen and oxygen atoms in total. The largest absolute Gasteiger partial charge is 0.342 e. The minimum Gasteiger partial charge on any atom is -0.342 e. The summed E-state index contributed by atoms with van der Waals surface area (Å²) in [7, 11) is 0. The van der Waals surface area contributed by atoms with Gasteiger partial charge in [-0.2, -0.15) is 0 Å². The Kier molecular flexibility index (Phi) is 5.67. The predicted octanol–water partition coefficient (Wildman–Crippen LogP) is 3.98. The summed E-state index contributed by atoms with van der Waals surface area (Å²) in [6.45, 7) is 0.909. The molecule has 1 N–H and O–H groups in total. The van der Waals surface area contributed by atoms with Gasteiger partial charge in [0.25, 0.3) is 0 Å². The molecule has 0 radical (unpaired) electrons. The molecule has 1 aromatic heterocycles. The molecular formula is C22H20FN3O2S. The highest BCUT2D eigenvalue weighted by Gasteiger charge is 2.34. The minimum absolute atomic E-state index is 0.0311. The van der Waals surface area contributed by atoms with Crippen LogP contribution in [0.2, 0.25) is 0 Å². The zero-order valence-electron chi connectivity index (χ0n) is 15.7. The molecule has 2 heterocycles. The fraction of sp³-hybridized carbons (Fsp3) is 0.227. The fourth-order valence-electron chi connectivity index (χ4n) is 3.36. The first-order valence-electron chi connectivity index (χ1n) is 9.42. The van der Waals surface area contributed by atoms with Crippen LogP contribution in [-0.2, 0) is 16.0 Å². The molecule has 0 unspecified atom stereocenters. The van der Waals surface area contributed by atoms with Crippen LogP contribution in [-0.4, -0.2) is 34.8 Å². The average molecular weight is 409 g/mol. The van der Waals surface area contributed by atoms with Crippen molar-refractivity contribution >= 4 is 28.3 Å². The number of hydrogen-bond donors (Lipinski definition) is 1. The average Bonchev–Trinajstić information content (AvgIpc) is 3.35. The Morgan fingerprint density at radius 2 is 1.93 bits per heavy atom. The Balaban J connectivity index is 1.32. The van der Waals surface area contributed by atoms with Crippen LogP contribution in [0.15, 0.2) is 60.0 Å². The van der Waals surface area contributed by atoms with E-state index in [1.54, 1.807) is 17.0 Å². The lowest BCUT2D eigenvalue weighted by Gasteiger charge is -2.16. The molecule has 1 aliphatic heterocycles. The number of halogens is 1. The van der Waals surface area contributed by atoms with E-state index in [4.69, 9.17) is 0 Å². The quantitative estimate of drug-likeness (QED) is 0.670. The van der Waals surface area contributed by atoms with E-state index in [1.807, 2.05) is 35.7 Å². The zero-order chi connectivity index (χ0) is 20.2. The van der Waals surface area contributed by atoms with Gasteiger partial charge in [-0.15, -0.1) is 11.3 Å². The Labute approximate surface area is 172 Å². The van der Waals surface area contributed by atoms with Crippen LogP contribution in [0.5, 0.6) is 0 Å². The summed E-state index contributed by atoms with van der Waals surface area (Å²) in [6, 6.07) is 16.0. The van der Waals surface area contributed by atoms with Crippen LogP contribution in [0.4, 0.5) is 9.52 Å². The van der Waals surface area contributed by atoms with Crippen LogP contribution >= 0.6 is 11.3 Å². The molecule has 0 bridgehead atoms. The third-order valence-electron chi connectivity index (χ3n) is 4.97. The normalized spacial score (nSPS) is 16.2. The van der Waals surface area contributed by atoms with Crippen LogP contribution < -0.4 is 5.32 Å². The fourth-order valence-corrected chi connectivity index (χ4v) is 4.08. The van der Waals surface area contributed by atoms with Gasteiger partial charge in [-0.25, -0.2) is 9.37 Å². The monoisotopic (exact) mass is 409 g/mol. The number of anilines is 1. The van der Waals surface area contributed by atoms with Crippen molar-refractivity contribution in [1.82, 2.24) is 9.88 Å². The van der Waals surface area contributed by atoms with Crippen molar-refractivity contribution in [2.24, 2.45) is 5.92 Å². The first-order chi connectivity index (χ1) is 14.1. The number of nitrogens with zero attached hydrogens (tertiary/aromatic N) is 2. The predicted molar refractivity (Wildman–Crippen MR) is 111 cm³/mol. The Bertz CT molecular complexity index is 1000. The maximum absolute atomic E-state index is 13.0. The topological polar surface area (TPSA) is 62.3 Å². The van der Waals surface area contributed by atoms with E-state index < -0.39 is 0 Å². The summed E-state index contributed by atoms with van der Waals surface area (Å²) in [6.07, 6.45) is 0.833. The van der Waals surface area contributed by atoms with E-state index in [9.17, 15) is 14.0 Å². The number of thiazole rings is 1. The van der Waals surface area contributed by atoms with E-state index in [0.29, 0.717) is 24.6 Å². The van der Waals surface area contributed by atoms with Crippen molar-refractivity contribution < 1.29 is 14.0 Å². The number of hydrogen-bond acceptors (Lipinski definition) is 4. The van der Waals surface area contributed by atoms with Crippen molar-refractivity contribution in [2.45, 2.75) is 12.8 Å². The lowest BCUT2D eigenvalue weighted by Crippen LogP contribution is -2.30. The summed E-state index contributed by atoms with van der Waals surface area (Å²) >= 11 is 1.37. The van der Waals surface area contributed by atoms with Gasteiger partial charge in [-0.1, -0.05) is 42.5 Å². The molecular weight excluding hydrogens is 389 g/mol. The standard InChI is InChI=1S/C22H20FN3O2S/c23-18-8-6-15(7-9-18)10-11-26-13-17(12-20(26)27)21(28)25-22-24-19(14-29-22)16-4-2-1-3-5-16/h1-9,14,17H,10-13H2,(H,24,25,28)/t17-/m0/s1. The van der Waals surface area contributed by atoms with E-state index in [-0.39, 0.29) is 30.0 Å². The molecule has 148 valence electrons. The molecule has 4 rings (SSSR count). The summed E-state index contributed by atoms with van der Waals surface area (Å²) in [4.78, 5) is 31.0. The van der Waals surface area contributed by atoms with Crippen LogP contribution in [0.3, 0.4) is 0 Å². The zero-order valence-corrected chi connectivity index (χ0v) is 16.5. The summed E-state index contributed by atoms with van der Waals surface area (Å²) in [5.41, 5.74) is 2.77. The molecule has 29 heavy (non-hydrogen) atoms. The van der Waals surface area contributed by atoms with Gasteiger partial charge in [0.2, 0.25) is 11.8 Å². The highest BCUT2D eigenvalue weighted by molar-refractivity contribution is 7.14. The number of likely N-dealkylation sites (tertiary alicyclic amines) is 1. The van der Waals surface area contributed by atoms with E-state index in [1.165, 1.54) is 23.5 Å². The van der Waals surface area contributed by atoms with Crippen molar-refractivity contribution in [3.63, 3.8) is 0 Å². The van der Waals surface area contributed by atoms with Gasteiger partial charge in [0.05, 0.1) is 11.6 Å². The summed E-state index contributed by atoms with van der Waals surface area (Å²) < 4.78 is 13.0. The van der Waals surface area contributed by atoms with Crippen molar-refractivity contribution in [2.75, 3.05) is 18.4 Å². The molecule has 0 aliphatic carbocycles. The van der Waals surface area contributed by atoms with Gasteiger partial charge in [-0.3, -0.25) is 9.59 Å². The van der Waals surface area contributed by atoms with Gasteiger partial charge in [0.15, 0.2) is 5.13 Å². The third-order valence-corrected chi connectivity index (χ3v) is 5.73. The summed E-state index contributed by atoms with van der Waals surface area (Å²) in [5.74, 6) is -0.881. The van der Waals surface area contributed by atoms with Crippen LogP contribution in [0.1, 0.15) is 12.0 Å². The molecule has 2 amide bonds. The van der Waals surface area contributed by atoms with E-state index >= 15 is 0 Å². The van der Waals surface area contributed by atoms with E-state index in [2.05, 4.69) is 10.3 Å². The lowest BCUT2D eigenvalue weighted by atomic mass is 10.1. The molecule has 1 fully saturated rings. The molecule has 3 aromatic rings. The molecule has 1 saturated heterocycles. The molecule has 0 saturated carbocycles. The van der Waals surface area contributed by atoms with Gasteiger partial charge >= 0.3 is 0 Å². The first kappa shape index (κ1) is 19.3. The smallest absolute Gasteiger partial charge is 0.231 e. The van der Waals surface area contributed by atoms with Gasteiger partial charge < -0.3 is 10.2 Å². The van der Waals surface area contributed by atoms with E-state index in [0.717, 1.165) is 16.8 Å². The van der Waals surface area contributed by atoms with Crippen molar-refractivity contribution in [3.05, 3.63) is 71.4 Å². The number of amides is 2. The number of nitrogens with one attached hydrogen (secondary N) is 1. The molecule has 7 heteroatoms. The SMILES string of the molecule is O=C(Nc1nc(-c2ccccc2)cs1)[C@H]1CC(=O)N(CCc2ccc(F)cc2)C1. The minimum atomic E-state index is -0.389. The Hall–Kier alpha value is -3.06. The summed E-state index contributed by atoms with van der Waals surface area (Å²) in [5, 5.41) is 5.28. The number of aromatic nitrogens is 1. The highest BCUT2D eigenvalue weighted by Crippen LogP contribution is 2.26. The molecule has 1 aliphatic rings. The maximum atomic E-state index is 13.0. The Morgan fingerprint density at radius 3 is 2.69 bits per heavy atom. The highest BCUT2D eigenvalue weighted by atomic mass is 32.1. The molecule has 1 atom stereocenters. The number of carbonyl (C=O) groups excluding carboxylic acids is 2. The number of carbonyl (C=O) groups is 2. The van der Waals surface area contributed by atoms with Gasteiger partial charge in [0.1, 0.15) is 5.82 Å². The second-order valence-corrected chi connectivity index (χ2v) is 7.87. The molecule has 0 spiro atoms. The maximum Gasteiger partial charge on any atom is 0.231 e.